The van der Waals surface area contributed by atoms with Gasteiger partial charge in [-0.15, -0.1) is 0 Å². The van der Waals surface area contributed by atoms with Crippen molar-refractivity contribution < 1.29 is 12.8 Å². The maximum absolute atomic E-state index is 12.7. The van der Waals surface area contributed by atoms with Crippen LogP contribution in [0.2, 0.25) is 0 Å². The zero-order chi connectivity index (χ0) is 15.2. The molecule has 0 spiro atoms. The number of oxazole rings is 1. The SMILES string of the molecule is CC1CC(C)CC(S(=O)(=O)c2nc3ccc(N)cc3o2)C1. The van der Waals surface area contributed by atoms with E-state index in [1.54, 1.807) is 18.2 Å². The Morgan fingerprint density at radius 3 is 2.52 bits per heavy atom. The molecule has 2 aromatic rings. The highest BCUT2D eigenvalue weighted by atomic mass is 32.2. The molecule has 5 nitrogen and oxygen atoms in total. The number of nitrogens with two attached hydrogens (primary N) is 1. The number of nitrogens with zero attached hydrogens (tertiary/aromatic N) is 1. The van der Waals surface area contributed by atoms with E-state index in [-0.39, 0.29) is 5.22 Å². The summed E-state index contributed by atoms with van der Waals surface area (Å²) in [4.78, 5) is 4.14. The molecule has 21 heavy (non-hydrogen) atoms. The molecule has 1 aromatic heterocycles. The van der Waals surface area contributed by atoms with Crippen molar-refractivity contribution in [1.82, 2.24) is 4.98 Å². The maximum atomic E-state index is 12.7. The second-order valence-electron chi connectivity index (χ2n) is 6.29. The van der Waals surface area contributed by atoms with E-state index in [9.17, 15) is 8.42 Å². The summed E-state index contributed by atoms with van der Waals surface area (Å²) in [6.45, 7) is 4.20. The second kappa shape index (κ2) is 5.02. The lowest BCUT2D eigenvalue weighted by molar-refractivity contribution is 0.298. The van der Waals surface area contributed by atoms with Crippen LogP contribution < -0.4 is 5.73 Å². The number of anilines is 1. The van der Waals surface area contributed by atoms with Crippen LogP contribution >= 0.6 is 0 Å². The molecular weight excluding hydrogens is 288 g/mol. The van der Waals surface area contributed by atoms with Crippen LogP contribution in [0.3, 0.4) is 0 Å². The van der Waals surface area contributed by atoms with Gasteiger partial charge in [0.15, 0.2) is 5.58 Å². The van der Waals surface area contributed by atoms with Gasteiger partial charge in [-0.3, -0.25) is 0 Å². The molecule has 2 unspecified atom stereocenters. The van der Waals surface area contributed by atoms with Crippen LogP contribution in [-0.2, 0) is 9.84 Å². The molecule has 1 aromatic carbocycles. The van der Waals surface area contributed by atoms with E-state index in [1.807, 2.05) is 0 Å². The Bertz CT molecular complexity index is 756. The second-order valence-corrected chi connectivity index (χ2v) is 8.40. The molecule has 1 saturated carbocycles. The summed E-state index contributed by atoms with van der Waals surface area (Å²) in [5.74, 6) is 0.821. The summed E-state index contributed by atoms with van der Waals surface area (Å²) in [6.07, 6.45) is 2.43. The Morgan fingerprint density at radius 1 is 1.19 bits per heavy atom. The van der Waals surface area contributed by atoms with Crippen LogP contribution in [0.25, 0.3) is 11.1 Å². The third-order valence-electron chi connectivity index (χ3n) is 4.21. The highest BCUT2D eigenvalue weighted by Crippen LogP contribution is 2.35. The molecule has 0 saturated heterocycles. The normalized spacial score (nSPS) is 27.0. The van der Waals surface area contributed by atoms with Gasteiger partial charge in [-0.25, -0.2) is 8.42 Å². The summed E-state index contributed by atoms with van der Waals surface area (Å²) >= 11 is 0. The smallest absolute Gasteiger partial charge is 0.316 e. The van der Waals surface area contributed by atoms with Gasteiger partial charge in [-0.2, -0.15) is 4.98 Å². The fourth-order valence-electron chi connectivity index (χ4n) is 3.31. The van der Waals surface area contributed by atoms with E-state index in [1.165, 1.54) is 0 Å². The van der Waals surface area contributed by atoms with Gasteiger partial charge < -0.3 is 10.2 Å². The standard InChI is InChI=1S/C15H20N2O3S/c1-9-5-10(2)7-12(6-9)21(18,19)15-17-13-4-3-11(16)8-14(13)20-15/h3-4,8-10,12H,5-7,16H2,1-2H3. The average molecular weight is 308 g/mol. The van der Waals surface area contributed by atoms with E-state index in [0.29, 0.717) is 41.5 Å². The van der Waals surface area contributed by atoms with Crippen molar-refractivity contribution in [3.8, 4) is 0 Å². The lowest BCUT2D eigenvalue weighted by Gasteiger charge is -2.30. The Labute approximate surface area is 124 Å². The number of aromatic nitrogens is 1. The predicted molar refractivity (Wildman–Crippen MR) is 81.6 cm³/mol. The van der Waals surface area contributed by atoms with Gasteiger partial charge >= 0.3 is 5.22 Å². The molecule has 6 heteroatoms. The Balaban J connectivity index is 1.99. The fourth-order valence-corrected chi connectivity index (χ4v) is 5.19. The Hall–Kier alpha value is -1.56. The van der Waals surface area contributed by atoms with Crippen LogP contribution in [0.4, 0.5) is 5.69 Å². The van der Waals surface area contributed by atoms with E-state index in [0.717, 1.165) is 6.42 Å². The first-order valence-electron chi connectivity index (χ1n) is 7.26. The number of rotatable bonds is 2. The molecule has 3 rings (SSSR count). The number of sulfone groups is 1. The van der Waals surface area contributed by atoms with Crippen molar-refractivity contribution >= 4 is 26.6 Å². The molecule has 0 amide bonds. The number of benzene rings is 1. The zero-order valence-electron chi connectivity index (χ0n) is 12.2. The van der Waals surface area contributed by atoms with E-state index >= 15 is 0 Å². The molecule has 1 heterocycles. The number of hydrogen-bond donors (Lipinski definition) is 1. The molecular formula is C15H20N2O3S. The first-order chi connectivity index (χ1) is 9.86. The Morgan fingerprint density at radius 2 is 1.86 bits per heavy atom. The molecule has 1 aliphatic rings. The molecule has 2 N–H and O–H groups in total. The molecule has 114 valence electrons. The average Bonchev–Trinajstić information content (AvgIpc) is 2.81. The minimum Gasteiger partial charge on any atom is -0.428 e. The molecule has 1 aliphatic carbocycles. The van der Waals surface area contributed by atoms with E-state index < -0.39 is 15.1 Å². The molecule has 1 fully saturated rings. The first-order valence-corrected chi connectivity index (χ1v) is 8.81. The zero-order valence-corrected chi connectivity index (χ0v) is 13.1. The van der Waals surface area contributed by atoms with Crippen molar-refractivity contribution in [3.05, 3.63) is 18.2 Å². The predicted octanol–water partition coefficient (Wildman–Crippen LogP) is 3.01. The van der Waals surface area contributed by atoms with Crippen molar-refractivity contribution in [2.75, 3.05) is 5.73 Å². The van der Waals surface area contributed by atoms with Crippen LogP contribution in [0.5, 0.6) is 0 Å². The largest absolute Gasteiger partial charge is 0.428 e. The van der Waals surface area contributed by atoms with Gasteiger partial charge in [0.1, 0.15) is 5.52 Å². The van der Waals surface area contributed by atoms with Gasteiger partial charge in [0, 0.05) is 11.8 Å². The molecule has 0 bridgehead atoms. The molecule has 0 radical (unpaired) electrons. The van der Waals surface area contributed by atoms with E-state index in [2.05, 4.69) is 18.8 Å². The minimum atomic E-state index is -3.52. The maximum Gasteiger partial charge on any atom is 0.316 e. The third kappa shape index (κ3) is 2.64. The number of nitrogen functional groups attached to an aromatic ring is 1. The Kier molecular flexibility index (Phi) is 3.43. The van der Waals surface area contributed by atoms with Crippen LogP contribution in [0, 0.1) is 11.8 Å². The fraction of sp³-hybridized carbons (Fsp3) is 0.533. The monoisotopic (exact) mass is 308 g/mol. The van der Waals surface area contributed by atoms with Gasteiger partial charge in [-0.05, 0) is 43.2 Å². The lowest BCUT2D eigenvalue weighted by atomic mass is 9.83. The summed E-state index contributed by atoms with van der Waals surface area (Å²) < 4.78 is 30.9. The highest BCUT2D eigenvalue weighted by molar-refractivity contribution is 7.91. The minimum absolute atomic E-state index is 0.172. The number of hydrogen-bond acceptors (Lipinski definition) is 5. The molecule has 0 aliphatic heterocycles. The summed E-state index contributed by atoms with van der Waals surface area (Å²) in [7, 11) is -3.52. The third-order valence-corrected chi connectivity index (χ3v) is 6.13. The van der Waals surface area contributed by atoms with Crippen molar-refractivity contribution in [1.29, 1.82) is 0 Å². The van der Waals surface area contributed by atoms with Crippen LogP contribution in [0.1, 0.15) is 33.1 Å². The van der Waals surface area contributed by atoms with Gasteiger partial charge in [0.05, 0.1) is 5.25 Å². The summed E-state index contributed by atoms with van der Waals surface area (Å²) in [5.41, 5.74) is 7.16. The lowest BCUT2D eigenvalue weighted by Crippen LogP contribution is -2.31. The quantitative estimate of drug-likeness (QED) is 0.862. The number of fused-ring (bicyclic) bond motifs is 1. The summed E-state index contributed by atoms with van der Waals surface area (Å²) in [6, 6.07) is 4.97. The van der Waals surface area contributed by atoms with Crippen molar-refractivity contribution in [2.45, 2.75) is 43.6 Å². The van der Waals surface area contributed by atoms with Gasteiger partial charge in [-0.1, -0.05) is 13.8 Å². The van der Waals surface area contributed by atoms with Gasteiger partial charge in [0.25, 0.3) is 0 Å². The van der Waals surface area contributed by atoms with Crippen LogP contribution in [0.15, 0.2) is 27.8 Å². The highest BCUT2D eigenvalue weighted by Gasteiger charge is 2.37. The first kappa shape index (κ1) is 14.4. The van der Waals surface area contributed by atoms with Gasteiger partial charge in [0.2, 0.25) is 9.84 Å². The topological polar surface area (TPSA) is 86.2 Å². The molecule has 2 atom stereocenters. The van der Waals surface area contributed by atoms with Crippen molar-refractivity contribution in [2.24, 2.45) is 11.8 Å². The van der Waals surface area contributed by atoms with E-state index in [4.69, 9.17) is 10.2 Å². The van der Waals surface area contributed by atoms with Crippen molar-refractivity contribution in [3.63, 3.8) is 0 Å². The van der Waals surface area contributed by atoms with Crippen LogP contribution in [-0.4, -0.2) is 18.7 Å². The summed E-state index contributed by atoms with van der Waals surface area (Å²) in [5, 5.41) is -0.573.